The van der Waals surface area contributed by atoms with Crippen LogP contribution >= 0.6 is 0 Å². The molecule has 0 radical (unpaired) electrons. The van der Waals surface area contributed by atoms with Gasteiger partial charge in [-0.3, -0.25) is 9.78 Å². The molecule has 0 aliphatic carbocycles. The van der Waals surface area contributed by atoms with Crippen LogP contribution in [0, 0.1) is 6.92 Å². The number of rotatable bonds is 3. The van der Waals surface area contributed by atoms with Gasteiger partial charge in [-0.1, -0.05) is 18.2 Å². The summed E-state index contributed by atoms with van der Waals surface area (Å²) in [6.07, 6.45) is -0.475. The number of pyridine rings is 1. The van der Waals surface area contributed by atoms with E-state index in [0.717, 1.165) is 22.3 Å². The highest BCUT2D eigenvalue weighted by Gasteiger charge is 2.13. The van der Waals surface area contributed by atoms with Crippen LogP contribution in [0.1, 0.15) is 12.6 Å². The third-order valence-electron chi connectivity index (χ3n) is 2.82. The highest BCUT2D eigenvalue weighted by atomic mass is 16.5. The number of nitrogens with zero attached hydrogens (tertiary/aromatic N) is 1. The molecule has 1 aromatic carbocycles. The van der Waals surface area contributed by atoms with Crippen LogP contribution in [0.2, 0.25) is 0 Å². The molecular weight excluding hydrogens is 228 g/mol. The van der Waals surface area contributed by atoms with Crippen LogP contribution < -0.4 is 5.32 Å². The van der Waals surface area contributed by atoms with Crippen molar-refractivity contribution < 1.29 is 9.53 Å². The summed E-state index contributed by atoms with van der Waals surface area (Å²) in [6, 6.07) is 9.59. The maximum atomic E-state index is 11.8. The van der Waals surface area contributed by atoms with E-state index >= 15 is 0 Å². The topological polar surface area (TPSA) is 51.2 Å². The van der Waals surface area contributed by atoms with Crippen molar-refractivity contribution in [2.45, 2.75) is 20.0 Å². The highest BCUT2D eigenvalue weighted by molar-refractivity contribution is 6.02. The van der Waals surface area contributed by atoms with E-state index in [4.69, 9.17) is 4.74 Å². The van der Waals surface area contributed by atoms with Crippen LogP contribution in [0.3, 0.4) is 0 Å². The Morgan fingerprint density at radius 1 is 1.39 bits per heavy atom. The first kappa shape index (κ1) is 12.5. The number of amides is 1. The van der Waals surface area contributed by atoms with E-state index in [0.29, 0.717) is 0 Å². The Kier molecular flexibility index (Phi) is 3.58. The molecule has 0 spiro atoms. The second-order valence-electron chi connectivity index (χ2n) is 4.20. The van der Waals surface area contributed by atoms with Crippen molar-refractivity contribution in [3.05, 3.63) is 36.0 Å². The molecule has 0 aliphatic heterocycles. The zero-order chi connectivity index (χ0) is 13.1. The lowest BCUT2D eigenvalue weighted by molar-refractivity contribution is -0.124. The third-order valence-corrected chi connectivity index (χ3v) is 2.82. The van der Waals surface area contributed by atoms with Crippen molar-refractivity contribution >= 4 is 22.5 Å². The van der Waals surface area contributed by atoms with E-state index in [9.17, 15) is 4.79 Å². The van der Waals surface area contributed by atoms with Crippen LogP contribution in [0.15, 0.2) is 30.3 Å². The smallest absolute Gasteiger partial charge is 0.253 e. The molecule has 94 valence electrons. The van der Waals surface area contributed by atoms with Crippen molar-refractivity contribution in [3.63, 3.8) is 0 Å². The van der Waals surface area contributed by atoms with Gasteiger partial charge in [-0.2, -0.15) is 0 Å². The minimum atomic E-state index is -0.475. The molecule has 4 nitrogen and oxygen atoms in total. The first-order chi connectivity index (χ1) is 8.61. The maximum Gasteiger partial charge on any atom is 0.253 e. The first-order valence-corrected chi connectivity index (χ1v) is 5.82. The van der Waals surface area contributed by atoms with E-state index in [2.05, 4.69) is 10.3 Å². The Labute approximate surface area is 106 Å². The van der Waals surface area contributed by atoms with Crippen molar-refractivity contribution in [2.75, 3.05) is 12.4 Å². The second-order valence-corrected chi connectivity index (χ2v) is 4.20. The molecule has 4 heteroatoms. The predicted molar refractivity (Wildman–Crippen MR) is 71.6 cm³/mol. The zero-order valence-corrected chi connectivity index (χ0v) is 10.7. The lowest BCUT2D eigenvalue weighted by atomic mass is 10.1. The molecule has 0 fully saturated rings. The summed E-state index contributed by atoms with van der Waals surface area (Å²) in [7, 11) is 1.51. The van der Waals surface area contributed by atoms with E-state index < -0.39 is 6.10 Å². The van der Waals surface area contributed by atoms with Gasteiger partial charge in [0.2, 0.25) is 0 Å². The lowest BCUT2D eigenvalue weighted by Gasteiger charge is -2.12. The Bertz CT molecular complexity index is 581. The molecule has 2 rings (SSSR count). The number of carbonyl (C=O) groups excluding carboxylic acids is 1. The number of nitrogens with one attached hydrogen (secondary N) is 1. The van der Waals surface area contributed by atoms with Crippen LogP contribution in [0.4, 0.5) is 5.69 Å². The van der Waals surface area contributed by atoms with Crippen molar-refractivity contribution in [1.82, 2.24) is 4.98 Å². The summed E-state index contributed by atoms with van der Waals surface area (Å²) in [4.78, 5) is 16.3. The molecule has 2 aromatic rings. The van der Waals surface area contributed by atoms with Crippen molar-refractivity contribution in [2.24, 2.45) is 0 Å². The number of hydrogen-bond donors (Lipinski definition) is 1. The van der Waals surface area contributed by atoms with Gasteiger partial charge in [0.1, 0.15) is 6.10 Å². The number of ether oxygens (including phenoxy) is 1. The average Bonchev–Trinajstić information content (AvgIpc) is 2.37. The number of para-hydroxylation sites is 1. The molecule has 0 aliphatic rings. The van der Waals surface area contributed by atoms with E-state index in [1.54, 1.807) is 6.92 Å². The molecule has 1 amide bonds. The number of fused-ring (bicyclic) bond motifs is 1. The summed E-state index contributed by atoms with van der Waals surface area (Å²) in [5.41, 5.74) is 2.51. The fraction of sp³-hybridized carbons (Fsp3) is 0.286. The van der Waals surface area contributed by atoms with Crippen LogP contribution in [0.5, 0.6) is 0 Å². The molecule has 18 heavy (non-hydrogen) atoms. The zero-order valence-electron chi connectivity index (χ0n) is 10.7. The Morgan fingerprint density at radius 2 is 2.11 bits per heavy atom. The van der Waals surface area contributed by atoms with Gasteiger partial charge in [-0.25, -0.2) is 0 Å². The molecule has 0 saturated heterocycles. The molecule has 0 bridgehead atoms. The standard InChI is InChI=1S/C14H16N2O2/c1-9-8-13(16-14(17)10(2)18-3)11-6-4-5-7-12(11)15-9/h4-8,10H,1-3H3,(H,15,16,17). The number of methoxy groups -OCH3 is 1. The SMILES string of the molecule is COC(C)C(=O)Nc1cc(C)nc2ccccc12. The second kappa shape index (κ2) is 5.14. The maximum absolute atomic E-state index is 11.8. The monoisotopic (exact) mass is 244 g/mol. The van der Waals surface area contributed by atoms with E-state index in [1.807, 2.05) is 37.3 Å². The average molecular weight is 244 g/mol. The van der Waals surface area contributed by atoms with Crippen LogP contribution in [-0.2, 0) is 9.53 Å². The molecule has 1 aromatic heterocycles. The van der Waals surface area contributed by atoms with Gasteiger partial charge in [0, 0.05) is 18.2 Å². The largest absolute Gasteiger partial charge is 0.372 e. The summed E-state index contributed by atoms with van der Waals surface area (Å²) in [5, 5.41) is 3.80. The Hall–Kier alpha value is -1.94. The fourth-order valence-electron chi connectivity index (χ4n) is 1.75. The first-order valence-electron chi connectivity index (χ1n) is 5.82. The summed E-state index contributed by atoms with van der Waals surface area (Å²) < 4.78 is 5.00. The molecule has 1 N–H and O–H groups in total. The van der Waals surface area contributed by atoms with Gasteiger partial charge in [-0.15, -0.1) is 0 Å². The predicted octanol–water partition coefficient (Wildman–Crippen LogP) is 2.52. The molecule has 1 unspecified atom stereocenters. The molecule has 0 saturated carbocycles. The molecule has 1 atom stereocenters. The third kappa shape index (κ3) is 2.49. The van der Waals surface area contributed by atoms with Crippen LogP contribution in [-0.4, -0.2) is 24.1 Å². The minimum Gasteiger partial charge on any atom is -0.372 e. The van der Waals surface area contributed by atoms with E-state index in [1.165, 1.54) is 7.11 Å². The minimum absolute atomic E-state index is 0.159. The van der Waals surface area contributed by atoms with Crippen molar-refractivity contribution in [3.8, 4) is 0 Å². The molecular formula is C14H16N2O2. The number of hydrogen-bond acceptors (Lipinski definition) is 3. The summed E-state index contributed by atoms with van der Waals surface area (Å²) >= 11 is 0. The highest BCUT2D eigenvalue weighted by Crippen LogP contribution is 2.23. The summed E-state index contributed by atoms with van der Waals surface area (Å²) in [5.74, 6) is -0.159. The van der Waals surface area contributed by atoms with E-state index in [-0.39, 0.29) is 5.91 Å². The lowest BCUT2D eigenvalue weighted by Crippen LogP contribution is -2.26. The van der Waals surface area contributed by atoms with Crippen molar-refractivity contribution in [1.29, 1.82) is 0 Å². The fourth-order valence-corrected chi connectivity index (χ4v) is 1.75. The van der Waals surface area contributed by atoms with Gasteiger partial charge in [0.05, 0.1) is 11.2 Å². The van der Waals surface area contributed by atoms with Gasteiger partial charge in [0.15, 0.2) is 0 Å². The quantitative estimate of drug-likeness (QED) is 0.902. The number of carbonyl (C=O) groups is 1. The van der Waals surface area contributed by atoms with Gasteiger partial charge >= 0.3 is 0 Å². The van der Waals surface area contributed by atoms with Gasteiger partial charge < -0.3 is 10.1 Å². The Balaban J connectivity index is 2.41. The summed E-state index contributed by atoms with van der Waals surface area (Å²) in [6.45, 7) is 3.62. The van der Waals surface area contributed by atoms with Gasteiger partial charge in [-0.05, 0) is 26.0 Å². The van der Waals surface area contributed by atoms with Crippen LogP contribution in [0.25, 0.3) is 10.9 Å². The molecule has 1 heterocycles. The number of anilines is 1. The number of aromatic nitrogens is 1. The number of aryl methyl sites for hydroxylation is 1. The Morgan fingerprint density at radius 3 is 2.83 bits per heavy atom. The normalized spacial score (nSPS) is 12.4. The number of benzene rings is 1. The van der Waals surface area contributed by atoms with Gasteiger partial charge in [0.25, 0.3) is 5.91 Å².